The van der Waals surface area contributed by atoms with Crippen LogP contribution < -0.4 is 0 Å². The van der Waals surface area contributed by atoms with Gasteiger partial charge in [-0.15, -0.1) is 13.2 Å². The van der Waals surface area contributed by atoms with Gasteiger partial charge in [-0.3, -0.25) is 4.98 Å². The summed E-state index contributed by atoms with van der Waals surface area (Å²) >= 11 is 0. The van der Waals surface area contributed by atoms with Gasteiger partial charge in [0.2, 0.25) is 0 Å². The van der Waals surface area contributed by atoms with Crippen molar-refractivity contribution in [1.82, 2.24) is 4.98 Å². The van der Waals surface area contributed by atoms with Crippen LogP contribution in [0, 0.1) is 11.8 Å². The lowest BCUT2D eigenvalue weighted by molar-refractivity contribution is -0.984. The van der Waals surface area contributed by atoms with Gasteiger partial charge in [-0.05, 0) is 51.2 Å². The molecule has 4 heterocycles. The number of nitrogens with zero attached hydrogens (tertiary/aromatic N) is 2. The van der Waals surface area contributed by atoms with Crippen molar-refractivity contribution >= 4 is 32.4 Å². The molecule has 0 saturated carbocycles. The Morgan fingerprint density at radius 2 is 1.60 bits per heavy atom. The number of aromatic nitrogens is 1. The van der Waals surface area contributed by atoms with Crippen molar-refractivity contribution in [2.24, 2.45) is 11.8 Å². The van der Waals surface area contributed by atoms with E-state index in [0.717, 1.165) is 36.1 Å². The number of quaternary nitrogens is 1. The number of piperidine rings is 3. The van der Waals surface area contributed by atoms with Crippen LogP contribution in [0.4, 0.5) is 0 Å². The lowest BCUT2D eigenvalue weighted by atomic mass is 9.70. The average molecular weight is 526 g/mol. The molecule has 8 rings (SSSR count). The van der Waals surface area contributed by atoms with Gasteiger partial charge in [0.25, 0.3) is 0 Å². The molecule has 3 heteroatoms. The topological polar surface area (TPSA) is 22.1 Å². The van der Waals surface area contributed by atoms with Crippen LogP contribution in [0.15, 0.2) is 116 Å². The molecule has 3 aliphatic heterocycles. The zero-order valence-electron chi connectivity index (χ0n) is 23.1. The second-order valence-corrected chi connectivity index (χ2v) is 11.8. The van der Waals surface area contributed by atoms with Crippen molar-refractivity contribution in [3.05, 3.63) is 128 Å². The molecule has 0 N–H and O–H groups in total. The zero-order chi connectivity index (χ0) is 27.1. The predicted molar refractivity (Wildman–Crippen MR) is 166 cm³/mol. The van der Waals surface area contributed by atoms with Gasteiger partial charge in [-0.2, -0.15) is 0 Å². The highest BCUT2D eigenvalue weighted by atomic mass is 16.5. The van der Waals surface area contributed by atoms with Gasteiger partial charge < -0.3 is 9.22 Å². The molecule has 0 radical (unpaired) electrons. The van der Waals surface area contributed by atoms with Crippen LogP contribution in [0.25, 0.3) is 32.4 Å². The van der Waals surface area contributed by atoms with E-state index >= 15 is 0 Å². The Hall–Kier alpha value is -3.79. The number of benzene rings is 4. The maximum atomic E-state index is 6.80. The first kappa shape index (κ1) is 25.2. The normalized spacial score (nSPS) is 24.9. The molecule has 2 unspecified atom stereocenters. The monoisotopic (exact) mass is 525 g/mol. The van der Waals surface area contributed by atoms with Crippen molar-refractivity contribution in [3.8, 4) is 0 Å². The van der Waals surface area contributed by atoms with Crippen LogP contribution in [0.3, 0.4) is 0 Å². The first-order chi connectivity index (χ1) is 19.7. The SMILES string of the molecule is C=CCOC(c1ccnc2ccccc12)[C@H]1C[C@H]2CC[N+]1(Cc1c3ccccc3cc3ccccc13)C[C@H]2C=C. The Labute approximate surface area is 237 Å². The lowest BCUT2D eigenvalue weighted by Gasteiger charge is -2.58. The minimum atomic E-state index is -0.0410. The summed E-state index contributed by atoms with van der Waals surface area (Å²) in [5.41, 5.74) is 3.74. The molecule has 3 aliphatic rings. The molecule has 40 heavy (non-hydrogen) atoms. The third-order valence-electron chi connectivity index (χ3n) is 9.76. The third kappa shape index (κ3) is 4.16. The molecule has 3 saturated heterocycles. The predicted octanol–water partition coefficient (Wildman–Crippen LogP) is 8.40. The second-order valence-electron chi connectivity index (χ2n) is 11.8. The van der Waals surface area contributed by atoms with Crippen molar-refractivity contribution < 1.29 is 9.22 Å². The summed E-state index contributed by atoms with van der Waals surface area (Å²) in [5, 5.41) is 6.56. The van der Waals surface area contributed by atoms with Crippen molar-refractivity contribution in [3.63, 3.8) is 0 Å². The Morgan fingerprint density at radius 3 is 2.33 bits per heavy atom. The van der Waals surface area contributed by atoms with E-state index < -0.39 is 0 Å². The van der Waals surface area contributed by atoms with Crippen molar-refractivity contribution in [1.29, 1.82) is 0 Å². The molecular formula is C37H37N2O+. The molecule has 5 atom stereocenters. The number of para-hydroxylation sites is 1. The summed E-state index contributed by atoms with van der Waals surface area (Å²) in [6.45, 7) is 12.1. The maximum Gasteiger partial charge on any atom is 0.135 e. The summed E-state index contributed by atoms with van der Waals surface area (Å²) in [4.78, 5) is 4.68. The zero-order valence-corrected chi connectivity index (χ0v) is 23.1. The molecular weight excluding hydrogens is 488 g/mol. The smallest absolute Gasteiger partial charge is 0.135 e. The highest BCUT2D eigenvalue weighted by Crippen LogP contribution is 2.50. The summed E-state index contributed by atoms with van der Waals surface area (Å²) < 4.78 is 7.81. The standard InChI is InChI=1S/C37H37N2O/c1-3-21-40-37(33-17-19-38-35-16-10-9-15-32(33)35)36-23-27-18-20-39(36,24-26(27)4-2)25-34-30-13-7-5-11-28(30)22-29-12-6-8-14-31(29)34/h3-17,19,22,26-27,36-37H,1-2,18,20-21,23-25H2/q+1/t26-,27-,36-,37?,39?/m1/s1. The van der Waals surface area contributed by atoms with Crippen molar-refractivity contribution in [2.45, 2.75) is 31.5 Å². The van der Waals surface area contributed by atoms with Crippen LogP contribution in [0.2, 0.25) is 0 Å². The van der Waals surface area contributed by atoms with Crippen LogP contribution in [-0.4, -0.2) is 35.2 Å². The molecule has 5 aromatic rings. The fourth-order valence-corrected chi connectivity index (χ4v) is 7.90. The van der Waals surface area contributed by atoms with E-state index in [4.69, 9.17) is 4.74 Å². The van der Waals surface area contributed by atoms with Crippen molar-refractivity contribution in [2.75, 3.05) is 19.7 Å². The van der Waals surface area contributed by atoms with Gasteiger partial charge in [-0.25, -0.2) is 0 Å². The molecule has 3 fully saturated rings. The molecule has 4 aromatic carbocycles. The lowest BCUT2D eigenvalue weighted by Crippen LogP contribution is -2.67. The first-order valence-corrected chi connectivity index (χ1v) is 14.6. The van der Waals surface area contributed by atoms with Crippen LogP contribution in [0.5, 0.6) is 0 Å². The first-order valence-electron chi connectivity index (χ1n) is 14.6. The molecule has 2 bridgehead atoms. The largest absolute Gasteiger partial charge is 0.363 e. The minimum Gasteiger partial charge on any atom is -0.363 e. The Bertz CT molecular complexity index is 1670. The summed E-state index contributed by atoms with van der Waals surface area (Å²) in [6.07, 6.45) is 8.41. The molecule has 0 aliphatic carbocycles. The highest BCUT2D eigenvalue weighted by Gasteiger charge is 2.54. The molecule has 3 nitrogen and oxygen atoms in total. The highest BCUT2D eigenvalue weighted by molar-refractivity contribution is 6.02. The molecule has 200 valence electrons. The van der Waals surface area contributed by atoms with E-state index in [1.807, 2.05) is 12.3 Å². The van der Waals surface area contributed by atoms with E-state index in [0.29, 0.717) is 24.5 Å². The fraction of sp³-hybridized carbons (Fsp3) is 0.270. The molecule has 0 spiro atoms. The van der Waals surface area contributed by atoms with Gasteiger partial charge in [0.15, 0.2) is 0 Å². The third-order valence-corrected chi connectivity index (χ3v) is 9.76. The van der Waals surface area contributed by atoms with E-state index in [-0.39, 0.29) is 6.10 Å². The van der Waals surface area contributed by atoms with Gasteiger partial charge in [0, 0.05) is 35.9 Å². The summed E-state index contributed by atoms with van der Waals surface area (Å²) in [5.74, 6) is 1.18. The Balaban J connectivity index is 1.41. The number of hydrogen-bond acceptors (Lipinski definition) is 2. The molecule has 1 aromatic heterocycles. The average Bonchev–Trinajstić information content (AvgIpc) is 3.01. The quantitative estimate of drug-likeness (QED) is 0.115. The fourth-order valence-electron chi connectivity index (χ4n) is 7.90. The van der Waals surface area contributed by atoms with Gasteiger partial charge in [0.1, 0.15) is 18.7 Å². The van der Waals surface area contributed by atoms with Crippen LogP contribution >= 0.6 is 0 Å². The summed E-state index contributed by atoms with van der Waals surface area (Å²) in [7, 11) is 0. The van der Waals surface area contributed by atoms with Gasteiger partial charge >= 0.3 is 0 Å². The van der Waals surface area contributed by atoms with E-state index in [9.17, 15) is 0 Å². The van der Waals surface area contributed by atoms with E-state index in [1.54, 1.807) is 0 Å². The Morgan fingerprint density at radius 1 is 0.900 bits per heavy atom. The van der Waals surface area contributed by atoms with E-state index in [1.165, 1.54) is 44.5 Å². The Kier molecular flexibility index (Phi) is 6.50. The van der Waals surface area contributed by atoms with Gasteiger partial charge in [0.05, 0.1) is 25.2 Å². The number of fused-ring (bicyclic) bond motifs is 6. The number of ether oxygens (including phenoxy) is 1. The number of rotatable bonds is 8. The molecule has 0 amide bonds. The number of hydrogen-bond donors (Lipinski definition) is 0. The second kappa shape index (κ2) is 10.3. The summed E-state index contributed by atoms with van der Waals surface area (Å²) in [6, 6.07) is 31.2. The van der Waals surface area contributed by atoms with Gasteiger partial charge in [-0.1, -0.05) is 78.9 Å². The van der Waals surface area contributed by atoms with E-state index in [2.05, 4.69) is 109 Å². The van der Waals surface area contributed by atoms with Crippen LogP contribution in [-0.2, 0) is 11.3 Å². The minimum absolute atomic E-state index is 0.0410. The maximum absolute atomic E-state index is 6.80. The number of pyridine rings is 1. The van der Waals surface area contributed by atoms with Crippen LogP contribution in [0.1, 0.15) is 30.1 Å².